The fraction of sp³-hybridized carbons (Fsp3) is 0.974. The minimum Gasteiger partial charge on any atom is -0.356 e. The second-order valence-electron chi connectivity index (χ2n) is 14.8. The van der Waals surface area contributed by atoms with Crippen LogP contribution in [0.3, 0.4) is 0 Å². The number of nitrogens with zero attached hydrogens (tertiary/aromatic N) is 1. The zero-order valence-electron chi connectivity index (χ0n) is 28.5. The third-order valence-corrected chi connectivity index (χ3v) is 10.4. The molecule has 2 aliphatic carbocycles. The molecule has 0 saturated heterocycles. The van der Waals surface area contributed by atoms with E-state index in [1.54, 1.807) is 0 Å². The van der Waals surface area contributed by atoms with Gasteiger partial charge in [0.05, 0.1) is 0 Å². The normalized spacial score (nSPS) is 21.6. The molecule has 3 heteroatoms. The molecule has 0 radical (unpaired) electrons. The Balaban J connectivity index is 1.55. The van der Waals surface area contributed by atoms with E-state index in [2.05, 4.69) is 38.2 Å². The zero-order valence-corrected chi connectivity index (χ0v) is 28.5. The van der Waals surface area contributed by atoms with E-state index in [1.165, 1.54) is 154 Å². The van der Waals surface area contributed by atoms with E-state index >= 15 is 0 Å². The van der Waals surface area contributed by atoms with Gasteiger partial charge in [0, 0.05) is 13.0 Å². The molecule has 0 aromatic carbocycles. The molecule has 1 amide bonds. The van der Waals surface area contributed by atoms with Crippen LogP contribution in [0, 0.1) is 29.6 Å². The molecule has 4 atom stereocenters. The summed E-state index contributed by atoms with van der Waals surface area (Å²) in [5.41, 5.74) is 0. The summed E-state index contributed by atoms with van der Waals surface area (Å²) in [6.07, 6.45) is 36.4. The number of rotatable bonds is 30. The molecule has 2 rings (SSSR count). The van der Waals surface area contributed by atoms with Gasteiger partial charge in [-0.3, -0.25) is 4.79 Å². The summed E-state index contributed by atoms with van der Waals surface area (Å²) in [4.78, 5) is 14.5. The average Bonchev–Trinajstić information content (AvgIpc) is 3.87. The summed E-state index contributed by atoms with van der Waals surface area (Å²) >= 11 is 0. The lowest BCUT2D eigenvalue weighted by Gasteiger charge is -2.17. The van der Waals surface area contributed by atoms with Crippen LogP contribution in [0.5, 0.6) is 0 Å². The fourth-order valence-electron chi connectivity index (χ4n) is 7.30. The van der Waals surface area contributed by atoms with E-state index in [0.29, 0.717) is 11.8 Å². The van der Waals surface area contributed by atoms with Crippen molar-refractivity contribution in [2.24, 2.45) is 29.6 Å². The Hall–Kier alpha value is -0.570. The lowest BCUT2D eigenvalue weighted by atomic mass is 9.89. The van der Waals surface area contributed by atoms with Gasteiger partial charge in [-0.15, -0.1) is 0 Å². The maximum absolute atomic E-state index is 12.3. The summed E-state index contributed by atoms with van der Waals surface area (Å²) in [6.45, 7) is 6.60. The molecular weight excluding hydrogens is 500 g/mol. The first-order valence-electron chi connectivity index (χ1n) is 18.9. The lowest BCUT2D eigenvalue weighted by molar-refractivity contribution is -0.121. The SMILES string of the molecule is CCCCCCCCCCC(CCCCCCCCCC)CCC1CC1CC1CC1CC(=O)NCCCCN(C)C. The van der Waals surface area contributed by atoms with Gasteiger partial charge in [-0.2, -0.15) is 0 Å². The second-order valence-corrected chi connectivity index (χ2v) is 14.8. The molecule has 41 heavy (non-hydrogen) atoms. The van der Waals surface area contributed by atoms with Crippen molar-refractivity contribution < 1.29 is 4.79 Å². The third kappa shape index (κ3) is 20.1. The van der Waals surface area contributed by atoms with Crippen LogP contribution in [0.4, 0.5) is 0 Å². The number of nitrogens with one attached hydrogen (secondary N) is 1. The van der Waals surface area contributed by atoms with Crippen molar-refractivity contribution in [1.29, 1.82) is 0 Å². The highest BCUT2D eigenvalue weighted by molar-refractivity contribution is 5.76. The minimum atomic E-state index is 0.305. The third-order valence-electron chi connectivity index (χ3n) is 10.4. The lowest BCUT2D eigenvalue weighted by Crippen LogP contribution is -2.25. The van der Waals surface area contributed by atoms with Crippen LogP contribution in [0.15, 0.2) is 0 Å². The standard InChI is InChI=1S/C38H74N2O/c1-5-7-9-11-13-15-17-19-23-33(24-20-18-16-14-12-10-8-6-2)25-26-34-29-35(34)30-36-31-37(36)32-38(41)39-27-21-22-28-40(3)4/h33-37H,5-32H2,1-4H3,(H,39,41). The number of carbonyl (C=O) groups excluding carboxylic acids is 1. The second kappa shape index (κ2) is 23.8. The quantitative estimate of drug-likeness (QED) is 0.0865. The fourth-order valence-corrected chi connectivity index (χ4v) is 7.30. The van der Waals surface area contributed by atoms with Crippen molar-refractivity contribution >= 4 is 5.91 Å². The van der Waals surface area contributed by atoms with Gasteiger partial charge in [0.2, 0.25) is 5.91 Å². The Kier molecular flexibility index (Phi) is 21.3. The summed E-state index contributed by atoms with van der Waals surface area (Å²) in [7, 11) is 4.23. The Labute approximate surface area is 258 Å². The van der Waals surface area contributed by atoms with Crippen molar-refractivity contribution in [1.82, 2.24) is 10.2 Å². The van der Waals surface area contributed by atoms with Gasteiger partial charge in [0.1, 0.15) is 0 Å². The Morgan fingerprint density at radius 3 is 1.71 bits per heavy atom. The van der Waals surface area contributed by atoms with Crippen LogP contribution in [-0.4, -0.2) is 38.0 Å². The zero-order chi connectivity index (χ0) is 29.5. The maximum Gasteiger partial charge on any atom is 0.220 e. The van der Waals surface area contributed by atoms with Crippen molar-refractivity contribution in [3.63, 3.8) is 0 Å². The highest BCUT2D eigenvalue weighted by Crippen LogP contribution is 2.54. The number of hydrogen-bond acceptors (Lipinski definition) is 2. The van der Waals surface area contributed by atoms with E-state index in [9.17, 15) is 4.79 Å². The molecule has 0 bridgehead atoms. The van der Waals surface area contributed by atoms with Crippen LogP contribution < -0.4 is 5.32 Å². The van der Waals surface area contributed by atoms with Crippen LogP contribution in [0.25, 0.3) is 0 Å². The number of unbranched alkanes of at least 4 members (excludes halogenated alkanes) is 15. The van der Waals surface area contributed by atoms with Crippen molar-refractivity contribution in [2.45, 2.75) is 181 Å². The molecule has 3 nitrogen and oxygen atoms in total. The highest BCUT2D eigenvalue weighted by Gasteiger charge is 2.45. The van der Waals surface area contributed by atoms with Crippen LogP contribution in [0.1, 0.15) is 181 Å². The molecule has 0 heterocycles. The number of hydrogen-bond donors (Lipinski definition) is 1. The molecule has 4 unspecified atom stereocenters. The molecule has 0 aliphatic heterocycles. The molecule has 0 aromatic heterocycles. The van der Waals surface area contributed by atoms with E-state index in [0.717, 1.165) is 49.6 Å². The summed E-state index contributed by atoms with van der Waals surface area (Å²) in [5.74, 6) is 4.85. The van der Waals surface area contributed by atoms with Crippen molar-refractivity contribution in [2.75, 3.05) is 27.2 Å². The van der Waals surface area contributed by atoms with Gasteiger partial charge >= 0.3 is 0 Å². The summed E-state index contributed by atoms with van der Waals surface area (Å²) < 4.78 is 0. The van der Waals surface area contributed by atoms with Gasteiger partial charge < -0.3 is 10.2 Å². The molecular formula is C38H74N2O. The van der Waals surface area contributed by atoms with Crippen LogP contribution in [0.2, 0.25) is 0 Å². The molecule has 2 fully saturated rings. The van der Waals surface area contributed by atoms with Gasteiger partial charge in [-0.05, 0) is 88.8 Å². The predicted octanol–water partition coefficient (Wildman–Crippen LogP) is 11.0. The maximum atomic E-state index is 12.3. The molecule has 242 valence electrons. The van der Waals surface area contributed by atoms with Crippen LogP contribution in [-0.2, 0) is 4.79 Å². The molecule has 2 aliphatic rings. The summed E-state index contributed by atoms with van der Waals surface area (Å²) in [6, 6.07) is 0. The van der Waals surface area contributed by atoms with Gasteiger partial charge in [-0.1, -0.05) is 136 Å². The predicted molar refractivity (Wildman–Crippen MR) is 180 cm³/mol. The van der Waals surface area contributed by atoms with Crippen molar-refractivity contribution in [3.05, 3.63) is 0 Å². The highest BCUT2D eigenvalue weighted by atomic mass is 16.1. The van der Waals surface area contributed by atoms with E-state index in [-0.39, 0.29) is 0 Å². The summed E-state index contributed by atoms with van der Waals surface area (Å²) in [5, 5.41) is 3.17. The molecule has 0 aromatic rings. The molecule has 0 spiro atoms. The minimum absolute atomic E-state index is 0.305. The Morgan fingerprint density at radius 1 is 0.634 bits per heavy atom. The Bertz CT molecular complexity index is 599. The monoisotopic (exact) mass is 575 g/mol. The smallest absolute Gasteiger partial charge is 0.220 e. The largest absolute Gasteiger partial charge is 0.356 e. The number of carbonyl (C=O) groups is 1. The van der Waals surface area contributed by atoms with E-state index in [1.807, 2.05) is 0 Å². The van der Waals surface area contributed by atoms with Crippen molar-refractivity contribution in [3.8, 4) is 0 Å². The van der Waals surface area contributed by atoms with E-state index in [4.69, 9.17) is 0 Å². The molecule has 1 N–H and O–H groups in total. The van der Waals surface area contributed by atoms with Gasteiger partial charge in [-0.25, -0.2) is 0 Å². The van der Waals surface area contributed by atoms with Gasteiger partial charge in [0.25, 0.3) is 0 Å². The van der Waals surface area contributed by atoms with Gasteiger partial charge in [0.15, 0.2) is 0 Å². The van der Waals surface area contributed by atoms with E-state index < -0.39 is 0 Å². The first-order chi connectivity index (χ1) is 20.0. The Morgan fingerprint density at radius 2 is 1.15 bits per heavy atom. The average molecular weight is 575 g/mol. The van der Waals surface area contributed by atoms with Crippen LogP contribution >= 0.6 is 0 Å². The molecule has 2 saturated carbocycles. The number of amides is 1. The first-order valence-corrected chi connectivity index (χ1v) is 18.9. The topological polar surface area (TPSA) is 32.3 Å². The first kappa shape index (κ1) is 36.6.